The molecular formula is C19H28N6O2S. The van der Waals surface area contributed by atoms with Crippen LogP contribution in [0.15, 0.2) is 18.5 Å². The van der Waals surface area contributed by atoms with Gasteiger partial charge in [-0.1, -0.05) is 27.2 Å². The molecule has 0 aliphatic heterocycles. The monoisotopic (exact) mass is 404 g/mol. The summed E-state index contributed by atoms with van der Waals surface area (Å²) in [6.45, 7) is 6.25. The Bertz CT molecular complexity index is 1090. The van der Waals surface area contributed by atoms with Gasteiger partial charge in [-0.3, -0.25) is 4.40 Å². The summed E-state index contributed by atoms with van der Waals surface area (Å²) >= 11 is 0. The van der Waals surface area contributed by atoms with Gasteiger partial charge in [-0.2, -0.15) is 0 Å². The number of H-pyrrole nitrogens is 1. The van der Waals surface area contributed by atoms with Crippen LogP contribution in [0, 0.1) is 17.8 Å². The highest BCUT2D eigenvalue weighted by molar-refractivity contribution is 7.89. The van der Waals surface area contributed by atoms with Gasteiger partial charge in [-0.25, -0.2) is 18.5 Å². The quantitative estimate of drug-likeness (QED) is 0.655. The third kappa shape index (κ3) is 3.30. The number of rotatable bonds is 6. The van der Waals surface area contributed by atoms with Crippen molar-refractivity contribution in [1.29, 1.82) is 0 Å². The van der Waals surface area contributed by atoms with E-state index in [4.69, 9.17) is 5.14 Å². The second-order valence-corrected chi connectivity index (χ2v) is 10.3. The number of aromatic nitrogens is 5. The van der Waals surface area contributed by atoms with Crippen molar-refractivity contribution in [3.63, 3.8) is 0 Å². The van der Waals surface area contributed by atoms with E-state index >= 15 is 0 Å². The largest absolute Gasteiger partial charge is 0.345 e. The van der Waals surface area contributed by atoms with Gasteiger partial charge in [-0.05, 0) is 43.1 Å². The average molecular weight is 405 g/mol. The highest BCUT2D eigenvalue weighted by atomic mass is 32.2. The molecule has 0 aromatic carbocycles. The average Bonchev–Trinajstić information content (AvgIpc) is 3.33. The van der Waals surface area contributed by atoms with Crippen LogP contribution in [0.2, 0.25) is 0 Å². The summed E-state index contributed by atoms with van der Waals surface area (Å²) < 4.78 is 26.7. The molecule has 3 aromatic rings. The van der Waals surface area contributed by atoms with E-state index in [-0.39, 0.29) is 17.8 Å². The van der Waals surface area contributed by atoms with Gasteiger partial charge in [0.1, 0.15) is 5.82 Å². The number of aromatic amines is 1. The number of hydrogen-bond acceptors (Lipinski definition) is 5. The number of hydrogen-bond donors (Lipinski definition) is 2. The van der Waals surface area contributed by atoms with Gasteiger partial charge in [0.25, 0.3) is 0 Å². The summed E-state index contributed by atoms with van der Waals surface area (Å²) in [4.78, 5) is 7.51. The molecule has 8 nitrogen and oxygen atoms in total. The lowest BCUT2D eigenvalue weighted by Crippen LogP contribution is -2.35. The third-order valence-electron chi connectivity index (χ3n) is 6.21. The Kier molecular flexibility index (Phi) is 4.91. The fourth-order valence-corrected chi connectivity index (χ4v) is 6.35. The smallest absolute Gasteiger partial charge is 0.212 e. The molecule has 3 heterocycles. The van der Waals surface area contributed by atoms with E-state index in [9.17, 15) is 8.42 Å². The van der Waals surface area contributed by atoms with E-state index in [1.807, 2.05) is 26.1 Å². The maximum atomic E-state index is 12.3. The maximum Gasteiger partial charge on any atom is 0.212 e. The van der Waals surface area contributed by atoms with Crippen LogP contribution in [-0.4, -0.2) is 38.2 Å². The lowest BCUT2D eigenvalue weighted by molar-refractivity contribution is 0.405. The van der Waals surface area contributed by atoms with Crippen LogP contribution in [0.25, 0.3) is 16.8 Å². The van der Waals surface area contributed by atoms with Crippen molar-refractivity contribution < 1.29 is 8.42 Å². The molecule has 152 valence electrons. The molecule has 4 atom stereocenters. The zero-order chi connectivity index (χ0) is 20.1. The minimum absolute atomic E-state index is 0.0447. The summed E-state index contributed by atoms with van der Waals surface area (Å²) in [5.74, 6) is 1.73. The Labute approximate surface area is 165 Å². The van der Waals surface area contributed by atoms with Gasteiger partial charge >= 0.3 is 0 Å². The maximum absolute atomic E-state index is 12.3. The van der Waals surface area contributed by atoms with Crippen molar-refractivity contribution in [3.8, 4) is 0 Å². The van der Waals surface area contributed by atoms with Crippen molar-refractivity contribution in [3.05, 3.63) is 24.3 Å². The first-order valence-electron chi connectivity index (χ1n) is 9.98. The Hall–Kier alpha value is -2.00. The van der Waals surface area contributed by atoms with Gasteiger partial charge in [0.15, 0.2) is 11.3 Å². The lowest BCUT2D eigenvalue weighted by Gasteiger charge is -2.23. The van der Waals surface area contributed by atoms with Crippen LogP contribution in [0.1, 0.15) is 58.2 Å². The normalized spacial score (nSPS) is 24.5. The number of nitrogens with one attached hydrogen (secondary N) is 1. The molecular weight excluding hydrogens is 376 g/mol. The molecule has 3 aromatic heterocycles. The summed E-state index contributed by atoms with van der Waals surface area (Å²) in [5, 5.41) is 14.0. The molecule has 0 bridgehead atoms. The number of fused-ring (bicyclic) bond motifs is 3. The molecule has 1 unspecified atom stereocenters. The van der Waals surface area contributed by atoms with Gasteiger partial charge in [0.2, 0.25) is 10.0 Å². The Morgan fingerprint density at radius 1 is 1.32 bits per heavy atom. The number of primary sulfonamides is 1. The van der Waals surface area contributed by atoms with Crippen LogP contribution in [-0.2, 0) is 10.0 Å². The molecule has 0 spiro atoms. The predicted molar refractivity (Wildman–Crippen MR) is 108 cm³/mol. The number of sulfonamides is 1. The Morgan fingerprint density at radius 2 is 2.11 bits per heavy atom. The van der Waals surface area contributed by atoms with Crippen LogP contribution >= 0.6 is 0 Å². The third-order valence-corrected chi connectivity index (χ3v) is 7.63. The molecule has 0 amide bonds. The first-order valence-corrected chi connectivity index (χ1v) is 11.6. The first kappa shape index (κ1) is 19.3. The van der Waals surface area contributed by atoms with E-state index < -0.39 is 15.3 Å². The predicted octanol–water partition coefficient (Wildman–Crippen LogP) is 2.83. The van der Waals surface area contributed by atoms with Crippen LogP contribution in [0.3, 0.4) is 0 Å². The minimum Gasteiger partial charge on any atom is -0.345 e. The van der Waals surface area contributed by atoms with E-state index in [1.54, 1.807) is 6.20 Å². The molecule has 9 heteroatoms. The molecule has 1 fully saturated rings. The highest BCUT2D eigenvalue weighted by Gasteiger charge is 2.43. The topological polar surface area (TPSA) is 119 Å². The zero-order valence-corrected chi connectivity index (χ0v) is 17.4. The molecule has 4 rings (SSSR count). The molecule has 28 heavy (non-hydrogen) atoms. The van der Waals surface area contributed by atoms with Crippen LogP contribution < -0.4 is 5.14 Å². The minimum atomic E-state index is -3.59. The van der Waals surface area contributed by atoms with E-state index in [0.29, 0.717) is 18.0 Å². The Morgan fingerprint density at radius 3 is 2.79 bits per heavy atom. The van der Waals surface area contributed by atoms with E-state index in [1.165, 1.54) is 0 Å². The van der Waals surface area contributed by atoms with Crippen molar-refractivity contribution >= 4 is 26.8 Å². The fourth-order valence-electron chi connectivity index (χ4n) is 4.94. The Balaban J connectivity index is 1.74. The van der Waals surface area contributed by atoms with Crippen molar-refractivity contribution in [2.24, 2.45) is 22.9 Å². The van der Waals surface area contributed by atoms with Gasteiger partial charge in [-0.15, -0.1) is 10.2 Å². The molecule has 0 saturated heterocycles. The molecule has 0 radical (unpaired) electrons. The van der Waals surface area contributed by atoms with Crippen molar-refractivity contribution in [1.82, 2.24) is 24.6 Å². The highest BCUT2D eigenvalue weighted by Crippen LogP contribution is 2.47. The summed E-state index contributed by atoms with van der Waals surface area (Å²) in [7, 11) is -3.59. The molecule has 3 N–H and O–H groups in total. The summed E-state index contributed by atoms with van der Waals surface area (Å²) in [6.07, 6.45) is 6.76. The van der Waals surface area contributed by atoms with Gasteiger partial charge < -0.3 is 4.98 Å². The zero-order valence-electron chi connectivity index (χ0n) is 16.5. The van der Waals surface area contributed by atoms with Gasteiger partial charge in [0, 0.05) is 12.1 Å². The molecule has 1 aliphatic carbocycles. The van der Waals surface area contributed by atoms with Crippen LogP contribution in [0.5, 0.6) is 0 Å². The summed E-state index contributed by atoms with van der Waals surface area (Å²) in [5.41, 5.74) is 2.45. The standard InChI is InChI=1S/C19H28N6O2S/c1-4-12-8-13(16(7-11(2)3)28(20,26)27)9-14(12)19-24-23-17-10-22-18-15(25(17)19)5-6-21-18/h5-6,10-14,16,21H,4,7-9H2,1-3H3,(H2,20,26,27)/t12-,13+,14+,16?/m1/s1. The van der Waals surface area contributed by atoms with Gasteiger partial charge in [0.05, 0.1) is 17.0 Å². The second-order valence-electron chi connectivity index (χ2n) is 8.48. The lowest BCUT2D eigenvalue weighted by atomic mass is 9.93. The number of nitrogens with zero attached hydrogens (tertiary/aromatic N) is 4. The van der Waals surface area contributed by atoms with Crippen LogP contribution in [0.4, 0.5) is 0 Å². The fraction of sp³-hybridized carbons (Fsp3) is 0.632. The van der Waals surface area contributed by atoms with E-state index in [2.05, 4.69) is 31.5 Å². The second kappa shape index (κ2) is 7.11. The molecule has 1 saturated carbocycles. The van der Waals surface area contributed by atoms with Crippen molar-refractivity contribution in [2.75, 3.05) is 0 Å². The van der Waals surface area contributed by atoms with Crippen molar-refractivity contribution in [2.45, 2.75) is 57.6 Å². The van der Waals surface area contributed by atoms with E-state index in [0.717, 1.165) is 36.3 Å². The molecule has 1 aliphatic rings. The first-order chi connectivity index (χ1) is 13.3. The summed E-state index contributed by atoms with van der Waals surface area (Å²) in [6, 6.07) is 1.97. The SMILES string of the molecule is CC[C@@H]1C[C@H](C(CC(C)C)S(N)(=O)=O)C[C@@H]1c1nnc2cnc3[nH]ccc3n12. The number of nitrogens with two attached hydrogens (primary N) is 1.